The van der Waals surface area contributed by atoms with Crippen molar-refractivity contribution in [1.29, 1.82) is 0 Å². The summed E-state index contributed by atoms with van der Waals surface area (Å²) in [6.07, 6.45) is 2.77. The van der Waals surface area contributed by atoms with Crippen LogP contribution in [0.5, 0.6) is 0 Å². The van der Waals surface area contributed by atoms with Crippen LogP contribution in [0.25, 0.3) is 0 Å². The zero-order valence-corrected chi connectivity index (χ0v) is 12.6. The predicted molar refractivity (Wildman–Crippen MR) is 83.1 cm³/mol. The molecular weight excluding hydrogens is 270 g/mol. The van der Waals surface area contributed by atoms with Gasteiger partial charge in [-0.2, -0.15) is 11.3 Å². The van der Waals surface area contributed by atoms with Crippen molar-refractivity contribution in [2.45, 2.75) is 19.9 Å². The highest BCUT2D eigenvalue weighted by Gasteiger charge is 2.13. The molecule has 0 aromatic carbocycles. The maximum absolute atomic E-state index is 12.2. The Labute approximate surface area is 123 Å². The number of carbonyl (C=O) groups is 1. The van der Waals surface area contributed by atoms with Crippen LogP contribution in [0.3, 0.4) is 0 Å². The van der Waals surface area contributed by atoms with Crippen molar-refractivity contribution in [2.75, 3.05) is 18.9 Å². The van der Waals surface area contributed by atoms with E-state index in [1.165, 1.54) is 0 Å². The fourth-order valence-electron chi connectivity index (χ4n) is 1.82. The molecule has 1 N–H and O–H groups in total. The van der Waals surface area contributed by atoms with Crippen LogP contribution in [-0.4, -0.2) is 29.4 Å². The van der Waals surface area contributed by atoms with Gasteiger partial charge in [0, 0.05) is 20.1 Å². The van der Waals surface area contributed by atoms with Crippen molar-refractivity contribution in [1.82, 2.24) is 9.88 Å². The first-order valence-corrected chi connectivity index (χ1v) is 7.61. The minimum absolute atomic E-state index is 0.0572. The first kappa shape index (κ1) is 14.5. The molecule has 0 aliphatic heterocycles. The molecule has 0 radical (unpaired) electrons. The van der Waals surface area contributed by atoms with E-state index in [0.29, 0.717) is 12.2 Å². The van der Waals surface area contributed by atoms with Gasteiger partial charge in [0.1, 0.15) is 5.69 Å². The smallest absolute Gasteiger partial charge is 0.272 e. The molecule has 0 fully saturated rings. The summed E-state index contributed by atoms with van der Waals surface area (Å²) < 4.78 is 0. The molecule has 20 heavy (non-hydrogen) atoms. The van der Waals surface area contributed by atoms with Crippen molar-refractivity contribution < 1.29 is 4.79 Å². The fraction of sp³-hybridized carbons (Fsp3) is 0.333. The first-order valence-electron chi connectivity index (χ1n) is 6.67. The maximum Gasteiger partial charge on any atom is 0.272 e. The van der Waals surface area contributed by atoms with E-state index in [-0.39, 0.29) is 5.91 Å². The third-order valence-corrected chi connectivity index (χ3v) is 3.64. The van der Waals surface area contributed by atoms with Gasteiger partial charge in [-0.15, -0.1) is 0 Å². The average molecular weight is 289 g/mol. The summed E-state index contributed by atoms with van der Waals surface area (Å²) >= 11 is 1.64. The van der Waals surface area contributed by atoms with Crippen LogP contribution in [0, 0.1) is 0 Å². The maximum atomic E-state index is 12.2. The summed E-state index contributed by atoms with van der Waals surface area (Å²) in [5.74, 6) is -0.0572. The number of nitrogens with zero attached hydrogens (tertiary/aromatic N) is 2. The van der Waals surface area contributed by atoms with Crippen LogP contribution in [0.1, 0.15) is 29.4 Å². The Balaban J connectivity index is 1.97. The molecule has 2 aromatic rings. The monoisotopic (exact) mass is 289 g/mol. The Hall–Kier alpha value is -1.88. The Morgan fingerprint density at radius 2 is 2.25 bits per heavy atom. The van der Waals surface area contributed by atoms with Gasteiger partial charge in [0.25, 0.3) is 5.91 Å². The Morgan fingerprint density at radius 3 is 2.85 bits per heavy atom. The van der Waals surface area contributed by atoms with Gasteiger partial charge in [-0.3, -0.25) is 4.79 Å². The molecule has 106 valence electrons. The molecule has 0 atom stereocenters. The first-order chi connectivity index (χ1) is 9.70. The van der Waals surface area contributed by atoms with Gasteiger partial charge in [-0.05, 0) is 40.9 Å². The lowest BCUT2D eigenvalue weighted by Gasteiger charge is -2.16. The third kappa shape index (κ3) is 3.81. The van der Waals surface area contributed by atoms with Crippen LogP contribution >= 0.6 is 11.3 Å². The minimum atomic E-state index is -0.0572. The van der Waals surface area contributed by atoms with E-state index < -0.39 is 0 Å². The van der Waals surface area contributed by atoms with E-state index in [1.807, 2.05) is 17.5 Å². The van der Waals surface area contributed by atoms with E-state index in [0.717, 1.165) is 24.2 Å². The molecule has 0 saturated carbocycles. The van der Waals surface area contributed by atoms with E-state index in [9.17, 15) is 4.79 Å². The minimum Gasteiger partial charge on any atom is -0.384 e. The zero-order valence-electron chi connectivity index (χ0n) is 11.8. The van der Waals surface area contributed by atoms with Crippen molar-refractivity contribution in [3.8, 4) is 0 Å². The molecule has 1 amide bonds. The second kappa shape index (κ2) is 7.05. The van der Waals surface area contributed by atoms with Gasteiger partial charge in [-0.1, -0.05) is 6.92 Å². The lowest BCUT2D eigenvalue weighted by Crippen LogP contribution is -2.26. The van der Waals surface area contributed by atoms with E-state index in [4.69, 9.17) is 0 Å². The molecular formula is C15H19N3OS. The highest BCUT2D eigenvalue weighted by molar-refractivity contribution is 7.07. The van der Waals surface area contributed by atoms with Gasteiger partial charge < -0.3 is 10.2 Å². The number of hydrogen-bond acceptors (Lipinski definition) is 4. The Bertz CT molecular complexity index is 537. The highest BCUT2D eigenvalue weighted by atomic mass is 32.1. The summed E-state index contributed by atoms with van der Waals surface area (Å²) in [4.78, 5) is 18.2. The fourth-order valence-corrected chi connectivity index (χ4v) is 2.48. The number of thiophene rings is 1. The van der Waals surface area contributed by atoms with Crippen LogP contribution in [-0.2, 0) is 6.54 Å². The summed E-state index contributed by atoms with van der Waals surface area (Å²) in [6, 6.07) is 5.69. The molecule has 2 heterocycles. The molecule has 0 saturated heterocycles. The van der Waals surface area contributed by atoms with Crippen LogP contribution in [0.15, 0.2) is 35.2 Å². The number of pyridine rings is 1. The van der Waals surface area contributed by atoms with Crippen molar-refractivity contribution in [3.05, 3.63) is 46.4 Å². The molecule has 0 aliphatic carbocycles. The molecule has 0 unspecified atom stereocenters. The molecule has 2 aromatic heterocycles. The van der Waals surface area contributed by atoms with Crippen LogP contribution < -0.4 is 5.32 Å². The number of carbonyl (C=O) groups excluding carboxylic acids is 1. The van der Waals surface area contributed by atoms with Gasteiger partial charge in [0.05, 0.1) is 11.9 Å². The number of hydrogen-bond donors (Lipinski definition) is 1. The normalized spacial score (nSPS) is 10.3. The largest absolute Gasteiger partial charge is 0.384 e. The Kier molecular flexibility index (Phi) is 5.12. The van der Waals surface area contributed by atoms with E-state index in [1.54, 1.807) is 35.5 Å². The summed E-state index contributed by atoms with van der Waals surface area (Å²) in [7, 11) is 1.80. The Morgan fingerprint density at radius 1 is 1.40 bits per heavy atom. The average Bonchev–Trinajstić information content (AvgIpc) is 2.97. The van der Waals surface area contributed by atoms with Gasteiger partial charge in [0.2, 0.25) is 0 Å². The van der Waals surface area contributed by atoms with E-state index >= 15 is 0 Å². The number of anilines is 1. The third-order valence-electron chi connectivity index (χ3n) is 2.91. The predicted octanol–water partition coefficient (Wildman–Crippen LogP) is 3.24. The quantitative estimate of drug-likeness (QED) is 0.888. The second-order valence-corrected chi connectivity index (χ2v) is 5.43. The molecule has 0 bridgehead atoms. The van der Waals surface area contributed by atoms with Crippen LogP contribution in [0.2, 0.25) is 0 Å². The number of aromatic nitrogens is 1. The molecule has 5 heteroatoms. The molecule has 0 spiro atoms. The topological polar surface area (TPSA) is 45.2 Å². The number of amides is 1. The number of rotatable bonds is 6. The second-order valence-electron chi connectivity index (χ2n) is 4.65. The number of nitrogens with one attached hydrogen (secondary N) is 1. The molecule has 0 aliphatic rings. The summed E-state index contributed by atoms with van der Waals surface area (Å²) in [6.45, 7) is 3.63. The van der Waals surface area contributed by atoms with Gasteiger partial charge in [-0.25, -0.2) is 4.98 Å². The lowest BCUT2D eigenvalue weighted by molar-refractivity contribution is 0.0779. The molecule has 2 rings (SSSR count). The van der Waals surface area contributed by atoms with E-state index in [2.05, 4.69) is 22.6 Å². The zero-order chi connectivity index (χ0) is 14.4. The lowest BCUT2D eigenvalue weighted by atomic mass is 10.2. The van der Waals surface area contributed by atoms with Crippen LogP contribution in [0.4, 0.5) is 5.69 Å². The van der Waals surface area contributed by atoms with Crippen molar-refractivity contribution in [2.24, 2.45) is 0 Å². The van der Waals surface area contributed by atoms with Gasteiger partial charge >= 0.3 is 0 Å². The molecule has 4 nitrogen and oxygen atoms in total. The summed E-state index contributed by atoms with van der Waals surface area (Å²) in [5, 5.41) is 7.30. The SMILES string of the molecule is CCCNc1ccc(C(=O)N(C)Cc2ccsc2)nc1. The highest BCUT2D eigenvalue weighted by Crippen LogP contribution is 2.12. The standard InChI is InChI=1S/C15H19N3OS/c1-3-7-16-13-4-5-14(17-9-13)15(19)18(2)10-12-6-8-20-11-12/h4-6,8-9,11,16H,3,7,10H2,1-2H3. The van der Waals surface area contributed by atoms with Gasteiger partial charge in [0.15, 0.2) is 0 Å². The van der Waals surface area contributed by atoms with Crippen molar-refractivity contribution in [3.63, 3.8) is 0 Å². The summed E-state index contributed by atoms with van der Waals surface area (Å²) in [5.41, 5.74) is 2.57. The van der Waals surface area contributed by atoms with Crippen molar-refractivity contribution >= 4 is 22.9 Å².